The third kappa shape index (κ3) is 5.47. The lowest BCUT2D eigenvalue weighted by molar-refractivity contribution is 0.288. The fourth-order valence-corrected chi connectivity index (χ4v) is 3.19. The lowest BCUT2D eigenvalue weighted by Gasteiger charge is -2.22. The third-order valence-electron chi connectivity index (χ3n) is 4.88. The van der Waals surface area contributed by atoms with Crippen LogP contribution in [-0.4, -0.2) is 46.3 Å². The van der Waals surface area contributed by atoms with Crippen molar-refractivity contribution in [1.82, 2.24) is 25.0 Å². The molecule has 0 saturated heterocycles. The van der Waals surface area contributed by atoms with Crippen LogP contribution in [0.2, 0.25) is 0 Å². The number of guanidine groups is 1. The number of aryl methyl sites for hydroxylation is 1. The number of aromatic nitrogens is 3. The van der Waals surface area contributed by atoms with E-state index in [-0.39, 0.29) is 0 Å². The molecule has 2 heterocycles. The predicted molar refractivity (Wildman–Crippen MR) is 111 cm³/mol. The van der Waals surface area contributed by atoms with Crippen LogP contribution in [0.1, 0.15) is 49.4 Å². The zero-order valence-electron chi connectivity index (χ0n) is 17.6. The van der Waals surface area contributed by atoms with E-state index in [9.17, 15) is 0 Å². The van der Waals surface area contributed by atoms with Gasteiger partial charge in [0.05, 0.1) is 12.3 Å². The van der Waals surface area contributed by atoms with E-state index in [1.807, 2.05) is 38.0 Å². The molecule has 1 N–H and O–H groups in total. The van der Waals surface area contributed by atoms with Crippen LogP contribution in [0.3, 0.4) is 0 Å². The average Bonchev–Trinajstić information content (AvgIpc) is 3.42. The Bertz CT molecular complexity index is 809. The molecule has 7 heteroatoms. The predicted octanol–water partition coefficient (Wildman–Crippen LogP) is 2.93. The van der Waals surface area contributed by atoms with Crippen LogP contribution in [0.25, 0.3) is 0 Å². The monoisotopic (exact) mass is 384 g/mol. The van der Waals surface area contributed by atoms with Crippen molar-refractivity contribution >= 4 is 5.96 Å². The summed E-state index contributed by atoms with van der Waals surface area (Å²) in [6.07, 6.45) is 6.44. The molecule has 3 rings (SSSR count). The van der Waals surface area contributed by atoms with Crippen LogP contribution >= 0.6 is 0 Å². The lowest BCUT2D eigenvalue weighted by atomic mass is 10.1. The molecule has 152 valence electrons. The van der Waals surface area contributed by atoms with Crippen LogP contribution in [-0.2, 0) is 20.1 Å². The van der Waals surface area contributed by atoms with Crippen molar-refractivity contribution in [2.24, 2.45) is 18.0 Å². The molecule has 0 aromatic carbocycles. The van der Waals surface area contributed by atoms with Gasteiger partial charge in [-0.3, -0.25) is 9.67 Å². The number of pyridine rings is 1. The van der Waals surface area contributed by atoms with Gasteiger partial charge in [0, 0.05) is 58.3 Å². The second kappa shape index (κ2) is 9.08. The maximum atomic E-state index is 5.78. The van der Waals surface area contributed by atoms with Gasteiger partial charge in [0.2, 0.25) is 5.88 Å². The van der Waals surface area contributed by atoms with Gasteiger partial charge >= 0.3 is 0 Å². The summed E-state index contributed by atoms with van der Waals surface area (Å²) >= 11 is 0. The summed E-state index contributed by atoms with van der Waals surface area (Å²) < 4.78 is 7.66. The molecule has 2 aromatic rings. The van der Waals surface area contributed by atoms with E-state index < -0.39 is 0 Å². The van der Waals surface area contributed by atoms with Gasteiger partial charge < -0.3 is 15.0 Å². The molecule has 7 nitrogen and oxygen atoms in total. The molecule has 0 bridgehead atoms. The topological polar surface area (TPSA) is 67.6 Å². The molecule has 28 heavy (non-hydrogen) atoms. The summed E-state index contributed by atoms with van der Waals surface area (Å²) in [6, 6.07) is 4.00. The zero-order valence-corrected chi connectivity index (χ0v) is 17.6. The van der Waals surface area contributed by atoms with Gasteiger partial charge in [-0.1, -0.05) is 13.8 Å². The average molecular weight is 385 g/mol. The molecule has 0 aliphatic heterocycles. The number of hydrogen-bond acceptors (Lipinski definition) is 4. The first-order valence-electron chi connectivity index (χ1n) is 9.98. The van der Waals surface area contributed by atoms with E-state index in [0.29, 0.717) is 18.3 Å². The van der Waals surface area contributed by atoms with Crippen molar-refractivity contribution in [2.75, 3.05) is 20.7 Å². The molecule has 1 saturated carbocycles. The maximum absolute atomic E-state index is 5.78. The second-order valence-corrected chi connectivity index (χ2v) is 7.88. The SMILES string of the molecule is CN=C(NCc1ccnc(OCC2CC2)c1)N(C)Cc1cn(C)nc1C(C)C. The highest BCUT2D eigenvalue weighted by Gasteiger charge is 2.22. The van der Waals surface area contributed by atoms with Crippen molar-refractivity contribution in [3.63, 3.8) is 0 Å². The number of nitrogens with one attached hydrogen (secondary N) is 1. The summed E-state index contributed by atoms with van der Waals surface area (Å²) in [5.41, 5.74) is 3.48. The van der Waals surface area contributed by atoms with Crippen molar-refractivity contribution < 1.29 is 4.74 Å². The first-order valence-corrected chi connectivity index (χ1v) is 9.98. The maximum Gasteiger partial charge on any atom is 0.213 e. The molecule has 1 aliphatic carbocycles. The number of aliphatic imine (C=N–C) groups is 1. The highest BCUT2D eigenvalue weighted by Crippen LogP contribution is 2.29. The molecule has 1 aliphatic rings. The Balaban J connectivity index is 1.57. The molecule has 1 fully saturated rings. The van der Waals surface area contributed by atoms with Crippen LogP contribution in [0, 0.1) is 5.92 Å². The molecule has 0 atom stereocenters. The Morgan fingerprint density at radius 3 is 2.89 bits per heavy atom. The standard InChI is InChI=1S/C21H32N6O/c1-15(2)20-18(13-27(5)25-20)12-26(4)21(22-3)24-11-17-8-9-23-19(10-17)28-14-16-6-7-16/h8-10,13,15-16H,6-7,11-12,14H2,1-5H3,(H,22,24). The first kappa shape index (κ1) is 20.2. The van der Waals surface area contributed by atoms with Crippen molar-refractivity contribution in [1.29, 1.82) is 0 Å². The summed E-state index contributed by atoms with van der Waals surface area (Å²) in [7, 11) is 5.82. The summed E-state index contributed by atoms with van der Waals surface area (Å²) in [5.74, 6) is 2.66. The smallest absolute Gasteiger partial charge is 0.213 e. The molecule has 0 spiro atoms. The quantitative estimate of drug-likeness (QED) is 0.560. The normalized spacial score (nSPS) is 14.4. The fourth-order valence-electron chi connectivity index (χ4n) is 3.19. The lowest BCUT2D eigenvalue weighted by Crippen LogP contribution is -2.38. The minimum Gasteiger partial charge on any atom is -0.477 e. The summed E-state index contributed by atoms with van der Waals surface area (Å²) in [4.78, 5) is 10.9. The molecule has 0 amide bonds. The van der Waals surface area contributed by atoms with E-state index in [1.54, 1.807) is 6.20 Å². The van der Waals surface area contributed by atoms with Crippen LogP contribution in [0.4, 0.5) is 0 Å². The summed E-state index contributed by atoms with van der Waals surface area (Å²) in [5, 5.41) is 8.03. The van der Waals surface area contributed by atoms with E-state index in [1.165, 1.54) is 18.4 Å². The molecule has 0 radical (unpaired) electrons. The van der Waals surface area contributed by atoms with Gasteiger partial charge in [0.25, 0.3) is 0 Å². The van der Waals surface area contributed by atoms with Crippen molar-refractivity contribution in [3.8, 4) is 5.88 Å². The Morgan fingerprint density at radius 1 is 1.43 bits per heavy atom. The third-order valence-corrected chi connectivity index (χ3v) is 4.88. The molecular weight excluding hydrogens is 352 g/mol. The summed E-state index contributed by atoms with van der Waals surface area (Å²) in [6.45, 7) is 6.55. The Morgan fingerprint density at radius 2 is 2.21 bits per heavy atom. The zero-order chi connectivity index (χ0) is 20.1. The number of rotatable bonds is 8. The number of hydrogen-bond donors (Lipinski definition) is 1. The van der Waals surface area contributed by atoms with Gasteiger partial charge in [-0.25, -0.2) is 4.98 Å². The minimum atomic E-state index is 0.394. The number of nitrogens with zero attached hydrogens (tertiary/aromatic N) is 5. The Labute approximate surface area is 167 Å². The van der Waals surface area contributed by atoms with E-state index >= 15 is 0 Å². The van der Waals surface area contributed by atoms with Gasteiger partial charge in [0.1, 0.15) is 0 Å². The van der Waals surface area contributed by atoms with Gasteiger partial charge in [-0.05, 0) is 36.3 Å². The van der Waals surface area contributed by atoms with Crippen molar-refractivity contribution in [2.45, 2.75) is 45.7 Å². The van der Waals surface area contributed by atoms with E-state index in [4.69, 9.17) is 4.74 Å². The Kier molecular flexibility index (Phi) is 6.54. The van der Waals surface area contributed by atoms with E-state index in [0.717, 1.165) is 36.3 Å². The fraction of sp³-hybridized carbons (Fsp3) is 0.571. The van der Waals surface area contributed by atoms with Gasteiger partial charge in [-0.15, -0.1) is 0 Å². The van der Waals surface area contributed by atoms with Crippen LogP contribution in [0.15, 0.2) is 29.5 Å². The van der Waals surface area contributed by atoms with Crippen LogP contribution < -0.4 is 10.1 Å². The Hall–Kier alpha value is -2.57. The van der Waals surface area contributed by atoms with Crippen molar-refractivity contribution in [3.05, 3.63) is 41.3 Å². The first-order chi connectivity index (χ1) is 13.5. The van der Waals surface area contributed by atoms with Crippen LogP contribution in [0.5, 0.6) is 5.88 Å². The largest absolute Gasteiger partial charge is 0.477 e. The molecule has 2 aromatic heterocycles. The number of ether oxygens (including phenoxy) is 1. The van der Waals surface area contributed by atoms with Gasteiger partial charge in [0.15, 0.2) is 5.96 Å². The minimum absolute atomic E-state index is 0.394. The highest BCUT2D eigenvalue weighted by molar-refractivity contribution is 5.79. The van der Waals surface area contributed by atoms with Gasteiger partial charge in [-0.2, -0.15) is 5.10 Å². The van der Waals surface area contributed by atoms with E-state index in [2.05, 4.69) is 45.3 Å². The molecular formula is C21H32N6O. The second-order valence-electron chi connectivity index (χ2n) is 7.88. The highest BCUT2D eigenvalue weighted by atomic mass is 16.5. The molecule has 0 unspecified atom stereocenters.